The number of carbonyl (C=O) groups excluding carboxylic acids is 2. The Bertz CT molecular complexity index is 1250. The van der Waals surface area contributed by atoms with Crippen LogP contribution in [0.15, 0.2) is 29.2 Å². The van der Waals surface area contributed by atoms with E-state index >= 15 is 0 Å². The first-order chi connectivity index (χ1) is 16.2. The molecule has 0 bridgehead atoms. The average Bonchev–Trinajstić information content (AvgIpc) is 3.45. The SMILES string of the molecule is CC(=O)N1CCc2cc(S(=O)(=O)N3CCN(CC(=O)c4cc(C)n(C5CC5)c4C)CC3)ccc21. The van der Waals surface area contributed by atoms with Gasteiger partial charge in [0.05, 0.1) is 11.4 Å². The van der Waals surface area contributed by atoms with E-state index < -0.39 is 10.0 Å². The van der Waals surface area contributed by atoms with Gasteiger partial charge in [0.1, 0.15) is 0 Å². The summed E-state index contributed by atoms with van der Waals surface area (Å²) in [6.45, 7) is 8.25. The highest BCUT2D eigenvalue weighted by Gasteiger charge is 2.32. The molecule has 34 heavy (non-hydrogen) atoms. The quantitative estimate of drug-likeness (QED) is 0.589. The highest BCUT2D eigenvalue weighted by Crippen LogP contribution is 2.38. The molecule has 3 aliphatic rings. The van der Waals surface area contributed by atoms with Crippen molar-refractivity contribution < 1.29 is 18.0 Å². The van der Waals surface area contributed by atoms with E-state index in [1.807, 2.05) is 17.9 Å². The summed E-state index contributed by atoms with van der Waals surface area (Å²) in [6.07, 6.45) is 3.02. The molecule has 9 heteroatoms. The van der Waals surface area contributed by atoms with Crippen molar-refractivity contribution in [3.63, 3.8) is 0 Å². The number of aromatic nitrogens is 1. The fourth-order valence-corrected chi connectivity index (χ4v) is 6.86. The van der Waals surface area contributed by atoms with Crippen LogP contribution in [-0.2, 0) is 21.2 Å². The maximum absolute atomic E-state index is 13.3. The van der Waals surface area contributed by atoms with Gasteiger partial charge in [-0.2, -0.15) is 4.31 Å². The number of piperazine rings is 1. The Morgan fingerprint density at radius 3 is 2.35 bits per heavy atom. The summed E-state index contributed by atoms with van der Waals surface area (Å²) in [6, 6.07) is 7.58. The lowest BCUT2D eigenvalue weighted by Crippen LogP contribution is -2.49. The zero-order valence-corrected chi connectivity index (χ0v) is 20.9. The van der Waals surface area contributed by atoms with Crippen molar-refractivity contribution in [2.24, 2.45) is 0 Å². The molecule has 182 valence electrons. The van der Waals surface area contributed by atoms with Crippen molar-refractivity contribution in [3.05, 3.63) is 46.8 Å². The third-order valence-electron chi connectivity index (χ3n) is 7.36. The molecule has 1 amide bonds. The maximum Gasteiger partial charge on any atom is 0.243 e. The van der Waals surface area contributed by atoms with E-state index in [0.29, 0.717) is 51.7 Å². The minimum atomic E-state index is -3.62. The van der Waals surface area contributed by atoms with Crippen LogP contribution < -0.4 is 4.90 Å². The molecule has 1 aromatic heterocycles. The van der Waals surface area contributed by atoms with Crippen molar-refractivity contribution >= 4 is 27.4 Å². The van der Waals surface area contributed by atoms with Gasteiger partial charge in [-0.15, -0.1) is 0 Å². The van der Waals surface area contributed by atoms with Gasteiger partial charge < -0.3 is 9.47 Å². The molecule has 1 aromatic carbocycles. The fourth-order valence-electron chi connectivity index (χ4n) is 5.39. The Morgan fingerprint density at radius 1 is 1.00 bits per heavy atom. The number of ketones is 1. The van der Waals surface area contributed by atoms with Crippen LogP contribution in [0, 0.1) is 13.8 Å². The largest absolute Gasteiger partial charge is 0.345 e. The number of benzene rings is 1. The van der Waals surface area contributed by atoms with Crippen molar-refractivity contribution in [1.29, 1.82) is 0 Å². The number of fused-ring (bicyclic) bond motifs is 1. The van der Waals surface area contributed by atoms with Gasteiger partial charge in [-0.3, -0.25) is 14.5 Å². The molecule has 0 spiro atoms. The molecule has 2 fully saturated rings. The Kier molecular flexibility index (Phi) is 5.90. The first-order valence-electron chi connectivity index (χ1n) is 12.0. The predicted octanol–water partition coefficient (Wildman–Crippen LogP) is 2.54. The zero-order chi connectivity index (χ0) is 24.2. The minimum Gasteiger partial charge on any atom is -0.345 e. The first-order valence-corrected chi connectivity index (χ1v) is 13.5. The molecule has 0 radical (unpaired) electrons. The van der Waals surface area contributed by atoms with E-state index in [1.165, 1.54) is 24.1 Å². The standard InChI is InChI=1S/C25H32N4O4S/c1-17-14-23(18(2)29(17)21-4-5-21)25(31)16-26-10-12-27(13-11-26)34(32,33)22-6-7-24-20(15-22)8-9-28(24)19(3)30/h6-7,14-15,21H,4-5,8-13,16H2,1-3H3. The van der Waals surface area contributed by atoms with Crippen LogP contribution >= 0.6 is 0 Å². The number of sulfonamides is 1. The number of nitrogens with zero attached hydrogens (tertiary/aromatic N) is 4. The van der Waals surface area contributed by atoms with Crippen molar-refractivity contribution in [2.45, 2.75) is 51.0 Å². The van der Waals surface area contributed by atoms with E-state index in [-0.39, 0.29) is 16.6 Å². The van der Waals surface area contributed by atoms with Crippen LogP contribution in [0.1, 0.15) is 53.1 Å². The number of carbonyl (C=O) groups is 2. The van der Waals surface area contributed by atoms with Crippen molar-refractivity contribution in [3.8, 4) is 0 Å². The van der Waals surface area contributed by atoms with Crippen LogP contribution in [0.25, 0.3) is 0 Å². The normalized spacial score (nSPS) is 19.4. The monoisotopic (exact) mass is 484 g/mol. The molecular weight excluding hydrogens is 452 g/mol. The van der Waals surface area contributed by atoms with E-state index in [1.54, 1.807) is 23.1 Å². The number of amides is 1. The summed E-state index contributed by atoms with van der Waals surface area (Å²) in [5.41, 5.74) is 4.67. The van der Waals surface area contributed by atoms with Gasteiger partial charge >= 0.3 is 0 Å². The summed E-state index contributed by atoms with van der Waals surface area (Å²) < 4.78 is 30.3. The highest BCUT2D eigenvalue weighted by atomic mass is 32.2. The summed E-state index contributed by atoms with van der Waals surface area (Å²) in [5.74, 6) is 0.0689. The van der Waals surface area contributed by atoms with Crippen LogP contribution in [0.5, 0.6) is 0 Å². The number of anilines is 1. The molecule has 2 aliphatic heterocycles. The molecule has 1 aliphatic carbocycles. The molecule has 5 rings (SSSR count). The Balaban J connectivity index is 1.23. The smallest absolute Gasteiger partial charge is 0.243 e. The Morgan fingerprint density at radius 2 is 1.71 bits per heavy atom. The molecule has 8 nitrogen and oxygen atoms in total. The second-order valence-electron chi connectivity index (χ2n) is 9.70. The van der Waals surface area contributed by atoms with Gasteiger partial charge in [0.15, 0.2) is 5.78 Å². The topological polar surface area (TPSA) is 82.9 Å². The number of rotatable bonds is 6. The predicted molar refractivity (Wildman–Crippen MR) is 130 cm³/mol. The average molecular weight is 485 g/mol. The van der Waals surface area contributed by atoms with Crippen LogP contribution in [0.4, 0.5) is 5.69 Å². The van der Waals surface area contributed by atoms with Crippen LogP contribution in [-0.4, -0.2) is 73.1 Å². The lowest BCUT2D eigenvalue weighted by atomic mass is 10.1. The second-order valence-corrected chi connectivity index (χ2v) is 11.6. The fraction of sp³-hybridized carbons (Fsp3) is 0.520. The second kappa shape index (κ2) is 8.62. The van der Waals surface area contributed by atoms with Gasteiger partial charge in [0.2, 0.25) is 15.9 Å². The maximum atomic E-state index is 13.3. The van der Waals surface area contributed by atoms with Gasteiger partial charge in [-0.1, -0.05) is 0 Å². The minimum absolute atomic E-state index is 0.0329. The van der Waals surface area contributed by atoms with Crippen LogP contribution in [0.3, 0.4) is 0 Å². The molecule has 0 N–H and O–H groups in total. The highest BCUT2D eigenvalue weighted by molar-refractivity contribution is 7.89. The molecule has 2 aromatic rings. The number of hydrogen-bond acceptors (Lipinski definition) is 5. The van der Waals surface area contributed by atoms with Gasteiger partial charge in [0.25, 0.3) is 0 Å². The van der Waals surface area contributed by atoms with Crippen molar-refractivity contribution in [1.82, 2.24) is 13.8 Å². The number of aryl methyl sites for hydroxylation is 1. The third kappa shape index (κ3) is 4.10. The third-order valence-corrected chi connectivity index (χ3v) is 9.25. The zero-order valence-electron chi connectivity index (χ0n) is 20.1. The van der Waals surface area contributed by atoms with E-state index in [4.69, 9.17) is 0 Å². The lowest BCUT2D eigenvalue weighted by molar-refractivity contribution is -0.116. The molecule has 3 heterocycles. The number of Topliss-reactive ketones (excluding diaryl/α,β-unsaturated/α-hetero) is 1. The van der Waals surface area contributed by atoms with Gasteiger partial charge in [0, 0.05) is 68.3 Å². The lowest BCUT2D eigenvalue weighted by Gasteiger charge is -2.33. The molecule has 1 saturated heterocycles. The van der Waals surface area contributed by atoms with Crippen LogP contribution in [0.2, 0.25) is 0 Å². The van der Waals surface area contributed by atoms with E-state index in [0.717, 1.165) is 28.2 Å². The first kappa shape index (κ1) is 23.3. The molecular formula is C25H32N4O4S. The molecule has 0 atom stereocenters. The Hall–Kier alpha value is -2.49. The van der Waals surface area contributed by atoms with Gasteiger partial charge in [-0.25, -0.2) is 8.42 Å². The van der Waals surface area contributed by atoms with Gasteiger partial charge in [-0.05, 0) is 62.9 Å². The van der Waals surface area contributed by atoms with E-state index in [9.17, 15) is 18.0 Å². The summed E-state index contributed by atoms with van der Waals surface area (Å²) >= 11 is 0. The van der Waals surface area contributed by atoms with Crippen molar-refractivity contribution in [2.75, 3.05) is 44.2 Å². The van der Waals surface area contributed by atoms with E-state index in [2.05, 4.69) is 11.5 Å². The summed E-state index contributed by atoms with van der Waals surface area (Å²) in [5, 5.41) is 0. The molecule has 0 unspecified atom stereocenters. The number of hydrogen-bond donors (Lipinski definition) is 0. The summed E-state index contributed by atoms with van der Waals surface area (Å²) in [4.78, 5) is 28.8. The Labute approximate surface area is 201 Å². The summed E-state index contributed by atoms with van der Waals surface area (Å²) in [7, 11) is -3.62. The molecule has 1 saturated carbocycles.